The molecule has 7 heteroatoms. The number of nitrogens with zero attached hydrogens (tertiary/aromatic N) is 6. The van der Waals surface area contributed by atoms with Gasteiger partial charge in [-0.1, -0.05) is 0 Å². The molecule has 0 atom stereocenters. The van der Waals surface area contributed by atoms with Crippen molar-refractivity contribution < 1.29 is 4.79 Å². The van der Waals surface area contributed by atoms with E-state index < -0.39 is 0 Å². The van der Waals surface area contributed by atoms with E-state index in [-0.39, 0.29) is 5.91 Å². The fraction of sp³-hybridized carbons (Fsp3) is 0.471. The molecule has 2 aromatic rings. The summed E-state index contributed by atoms with van der Waals surface area (Å²) >= 11 is 0. The third-order valence-corrected chi connectivity index (χ3v) is 4.27. The summed E-state index contributed by atoms with van der Waals surface area (Å²) in [5.41, 5.74) is 2.70. The SMILES string of the molecule is CN(C)Cc1nccnc1C1CCN(C(=O)c2ccnnc2)CC1. The lowest BCUT2D eigenvalue weighted by Gasteiger charge is -2.32. The number of likely N-dealkylation sites (tertiary alicyclic amines) is 1. The van der Waals surface area contributed by atoms with E-state index in [4.69, 9.17) is 0 Å². The number of carbonyl (C=O) groups is 1. The maximum Gasteiger partial charge on any atom is 0.255 e. The Morgan fingerprint density at radius 2 is 1.92 bits per heavy atom. The van der Waals surface area contributed by atoms with Crippen molar-refractivity contribution >= 4 is 5.91 Å². The molecule has 0 saturated carbocycles. The molecule has 3 rings (SSSR count). The third kappa shape index (κ3) is 3.73. The second-order valence-electron chi connectivity index (χ2n) is 6.32. The van der Waals surface area contributed by atoms with Gasteiger partial charge < -0.3 is 9.80 Å². The van der Waals surface area contributed by atoms with Gasteiger partial charge in [0.05, 0.1) is 29.3 Å². The second-order valence-corrected chi connectivity index (χ2v) is 6.32. The van der Waals surface area contributed by atoms with Crippen LogP contribution in [-0.2, 0) is 6.54 Å². The van der Waals surface area contributed by atoms with Crippen molar-refractivity contribution in [2.24, 2.45) is 0 Å². The summed E-state index contributed by atoms with van der Waals surface area (Å²) in [6, 6.07) is 1.71. The predicted octanol–water partition coefficient (Wildman–Crippen LogP) is 1.35. The highest BCUT2D eigenvalue weighted by Crippen LogP contribution is 2.29. The molecule has 7 nitrogen and oxygen atoms in total. The lowest BCUT2D eigenvalue weighted by Crippen LogP contribution is -2.38. The summed E-state index contributed by atoms with van der Waals surface area (Å²) in [6.07, 6.45) is 8.39. The Morgan fingerprint density at radius 1 is 1.17 bits per heavy atom. The van der Waals surface area contributed by atoms with Gasteiger partial charge in [-0.25, -0.2) is 0 Å². The summed E-state index contributed by atoms with van der Waals surface area (Å²) in [5.74, 6) is 0.379. The molecule has 2 aromatic heterocycles. The molecule has 3 heterocycles. The molecule has 1 saturated heterocycles. The van der Waals surface area contributed by atoms with Crippen LogP contribution in [0.3, 0.4) is 0 Å². The Morgan fingerprint density at radius 3 is 2.58 bits per heavy atom. The standard InChI is InChI=1S/C17H22N6O/c1-22(2)12-15-16(19-8-7-18-15)13-4-9-23(10-5-13)17(24)14-3-6-20-21-11-14/h3,6-8,11,13H,4-5,9-10,12H2,1-2H3. The maximum atomic E-state index is 12.5. The Labute approximate surface area is 141 Å². The molecule has 0 radical (unpaired) electrons. The second kappa shape index (κ2) is 7.44. The van der Waals surface area contributed by atoms with Crippen LogP contribution in [0.2, 0.25) is 0 Å². The molecular weight excluding hydrogens is 304 g/mol. The van der Waals surface area contributed by atoms with Crippen LogP contribution in [0.4, 0.5) is 0 Å². The van der Waals surface area contributed by atoms with Crippen LogP contribution in [-0.4, -0.2) is 63.1 Å². The topological polar surface area (TPSA) is 75.1 Å². The number of rotatable bonds is 4. The summed E-state index contributed by atoms with van der Waals surface area (Å²) in [4.78, 5) is 25.5. The Kier molecular flexibility index (Phi) is 5.10. The third-order valence-electron chi connectivity index (χ3n) is 4.27. The smallest absolute Gasteiger partial charge is 0.255 e. The largest absolute Gasteiger partial charge is 0.339 e. The van der Waals surface area contributed by atoms with Gasteiger partial charge in [0.25, 0.3) is 5.91 Å². The highest BCUT2D eigenvalue weighted by Gasteiger charge is 2.27. The molecule has 0 aromatic carbocycles. The summed E-state index contributed by atoms with van der Waals surface area (Å²) in [7, 11) is 4.06. The van der Waals surface area contributed by atoms with Crippen LogP contribution in [0, 0.1) is 0 Å². The Balaban J connectivity index is 1.66. The summed E-state index contributed by atoms with van der Waals surface area (Å²) in [5, 5.41) is 7.50. The van der Waals surface area contributed by atoms with E-state index >= 15 is 0 Å². The van der Waals surface area contributed by atoms with E-state index in [9.17, 15) is 4.79 Å². The molecule has 0 bridgehead atoms. The zero-order chi connectivity index (χ0) is 16.9. The average Bonchev–Trinajstić information content (AvgIpc) is 2.62. The monoisotopic (exact) mass is 326 g/mol. The predicted molar refractivity (Wildman–Crippen MR) is 89.3 cm³/mol. The van der Waals surface area contributed by atoms with Gasteiger partial charge >= 0.3 is 0 Å². The van der Waals surface area contributed by atoms with Crippen LogP contribution < -0.4 is 0 Å². The summed E-state index contributed by atoms with van der Waals surface area (Å²) < 4.78 is 0. The zero-order valence-electron chi connectivity index (χ0n) is 14.1. The quantitative estimate of drug-likeness (QED) is 0.844. The zero-order valence-corrected chi connectivity index (χ0v) is 14.1. The van der Waals surface area contributed by atoms with Gasteiger partial charge in [-0.05, 0) is 33.0 Å². The van der Waals surface area contributed by atoms with Gasteiger partial charge in [0.2, 0.25) is 0 Å². The Bertz CT molecular complexity index is 682. The van der Waals surface area contributed by atoms with Crippen molar-refractivity contribution in [3.05, 3.63) is 47.8 Å². The van der Waals surface area contributed by atoms with Crippen molar-refractivity contribution in [3.63, 3.8) is 0 Å². The molecule has 0 spiro atoms. The van der Waals surface area contributed by atoms with Gasteiger partial charge in [0.1, 0.15) is 0 Å². The molecule has 0 N–H and O–H groups in total. The van der Waals surface area contributed by atoms with Crippen molar-refractivity contribution in [2.45, 2.75) is 25.3 Å². The molecule has 1 aliphatic heterocycles. The molecule has 1 aliphatic rings. The van der Waals surface area contributed by atoms with E-state index in [2.05, 4.69) is 25.1 Å². The number of amides is 1. The van der Waals surface area contributed by atoms with Crippen molar-refractivity contribution in [2.75, 3.05) is 27.2 Å². The first-order valence-electron chi connectivity index (χ1n) is 8.15. The van der Waals surface area contributed by atoms with Crippen molar-refractivity contribution in [1.29, 1.82) is 0 Å². The minimum absolute atomic E-state index is 0.0241. The normalized spacial score (nSPS) is 15.7. The van der Waals surface area contributed by atoms with Crippen LogP contribution >= 0.6 is 0 Å². The number of hydrogen-bond donors (Lipinski definition) is 0. The van der Waals surface area contributed by atoms with E-state index in [1.807, 2.05) is 19.0 Å². The first-order valence-corrected chi connectivity index (χ1v) is 8.15. The fourth-order valence-electron chi connectivity index (χ4n) is 3.10. The van der Waals surface area contributed by atoms with Crippen molar-refractivity contribution in [1.82, 2.24) is 30.0 Å². The first-order chi connectivity index (χ1) is 11.6. The van der Waals surface area contributed by atoms with E-state index in [1.165, 1.54) is 6.20 Å². The lowest BCUT2D eigenvalue weighted by molar-refractivity contribution is 0.0711. The molecule has 126 valence electrons. The van der Waals surface area contributed by atoms with E-state index in [0.717, 1.165) is 43.9 Å². The number of piperidine rings is 1. The molecule has 0 aliphatic carbocycles. The number of carbonyl (C=O) groups excluding carboxylic acids is 1. The van der Waals surface area contributed by atoms with Crippen molar-refractivity contribution in [3.8, 4) is 0 Å². The van der Waals surface area contributed by atoms with Gasteiger partial charge in [0, 0.05) is 37.9 Å². The fourth-order valence-corrected chi connectivity index (χ4v) is 3.10. The van der Waals surface area contributed by atoms with E-state index in [0.29, 0.717) is 11.5 Å². The lowest BCUT2D eigenvalue weighted by atomic mass is 9.91. The first kappa shape index (κ1) is 16.4. The molecule has 1 fully saturated rings. The van der Waals surface area contributed by atoms with Gasteiger partial charge in [-0.2, -0.15) is 10.2 Å². The minimum Gasteiger partial charge on any atom is -0.339 e. The average molecular weight is 326 g/mol. The van der Waals surface area contributed by atoms with Crippen LogP contribution in [0.5, 0.6) is 0 Å². The number of aromatic nitrogens is 4. The van der Waals surface area contributed by atoms with Crippen LogP contribution in [0.25, 0.3) is 0 Å². The molecule has 1 amide bonds. The highest BCUT2D eigenvalue weighted by molar-refractivity contribution is 5.93. The molecule has 0 unspecified atom stereocenters. The van der Waals surface area contributed by atoms with Crippen LogP contribution in [0.1, 0.15) is 40.5 Å². The maximum absolute atomic E-state index is 12.5. The van der Waals surface area contributed by atoms with E-state index in [1.54, 1.807) is 24.7 Å². The highest BCUT2D eigenvalue weighted by atomic mass is 16.2. The van der Waals surface area contributed by atoms with Gasteiger partial charge in [-0.3, -0.25) is 14.8 Å². The minimum atomic E-state index is 0.0241. The summed E-state index contributed by atoms with van der Waals surface area (Å²) in [6.45, 7) is 2.23. The molecular formula is C17H22N6O. The van der Waals surface area contributed by atoms with Crippen LogP contribution in [0.15, 0.2) is 30.9 Å². The van der Waals surface area contributed by atoms with Gasteiger partial charge in [-0.15, -0.1) is 0 Å². The Hall–Kier alpha value is -2.41. The molecule has 24 heavy (non-hydrogen) atoms. The number of hydrogen-bond acceptors (Lipinski definition) is 6. The van der Waals surface area contributed by atoms with Gasteiger partial charge in [0.15, 0.2) is 0 Å².